The van der Waals surface area contributed by atoms with Crippen molar-refractivity contribution < 1.29 is 4.79 Å². The van der Waals surface area contributed by atoms with Gasteiger partial charge in [0.2, 0.25) is 5.91 Å². The molecule has 1 aliphatic carbocycles. The molecule has 0 radical (unpaired) electrons. The summed E-state index contributed by atoms with van der Waals surface area (Å²) in [5, 5.41) is 3.11. The Morgan fingerprint density at radius 3 is 2.53 bits per heavy atom. The van der Waals surface area contributed by atoms with E-state index in [-0.39, 0.29) is 17.9 Å². The first kappa shape index (κ1) is 12.2. The summed E-state index contributed by atoms with van der Waals surface area (Å²) in [6.45, 7) is 6.27. The molecule has 0 unspecified atom stereocenters. The molecule has 1 atom stereocenters. The lowest BCUT2D eigenvalue weighted by Crippen LogP contribution is -2.36. The van der Waals surface area contributed by atoms with Crippen molar-refractivity contribution in [1.82, 2.24) is 5.32 Å². The van der Waals surface area contributed by atoms with E-state index in [9.17, 15) is 4.79 Å². The van der Waals surface area contributed by atoms with Crippen LogP contribution >= 0.6 is 0 Å². The Labute approximate surface area is 103 Å². The van der Waals surface area contributed by atoms with Gasteiger partial charge in [-0.2, -0.15) is 0 Å². The molecule has 1 fully saturated rings. The van der Waals surface area contributed by atoms with Crippen LogP contribution in [0.4, 0.5) is 0 Å². The van der Waals surface area contributed by atoms with Crippen LogP contribution in [-0.4, -0.2) is 5.91 Å². The van der Waals surface area contributed by atoms with Gasteiger partial charge in [0.05, 0.1) is 6.04 Å². The number of hydrogen-bond acceptors (Lipinski definition) is 1. The molecule has 0 heterocycles. The number of rotatable bonds is 3. The van der Waals surface area contributed by atoms with Gasteiger partial charge < -0.3 is 5.32 Å². The SMILES string of the molecule is Cc1ccc([C@H](C)NC(=O)C2CCC2)cc1C. The Hall–Kier alpha value is -1.31. The highest BCUT2D eigenvalue weighted by Gasteiger charge is 2.26. The van der Waals surface area contributed by atoms with E-state index in [4.69, 9.17) is 0 Å². The van der Waals surface area contributed by atoms with Crippen molar-refractivity contribution in [2.75, 3.05) is 0 Å². The van der Waals surface area contributed by atoms with Gasteiger partial charge in [-0.05, 0) is 50.3 Å². The largest absolute Gasteiger partial charge is 0.349 e. The van der Waals surface area contributed by atoms with Crippen LogP contribution in [0, 0.1) is 19.8 Å². The molecular formula is C15H21NO. The quantitative estimate of drug-likeness (QED) is 0.849. The van der Waals surface area contributed by atoms with Gasteiger partial charge in [0.15, 0.2) is 0 Å². The fourth-order valence-electron chi connectivity index (χ4n) is 2.12. The summed E-state index contributed by atoms with van der Waals surface area (Å²) >= 11 is 0. The summed E-state index contributed by atoms with van der Waals surface area (Å²) in [5.74, 6) is 0.492. The fraction of sp³-hybridized carbons (Fsp3) is 0.533. The molecule has 2 nitrogen and oxygen atoms in total. The van der Waals surface area contributed by atoms with Crippen LogP contribution in [0.25, 0.3) is 0 Å². The lowest BCUT2D eigenvalue weighted by atomic mass is 9.84. The maximum Gasteiger partial charge on any atom is 0.223 e. The minimum absolute atomic E-state index is 0.113. The lowest BCUT2D eigenvalue weighted by Gasteiger charge is -2.26. The van der Waals surface area contributed by atoms with Crippen molar-refractivity contribution in [3.8, 4) is 0 Å². The third-order valence-electron chi connectivity index (χ3n) is 3.87. The van der Waals surface area contributed by atoms with Crippen molar-refractivity contribution in [2.24, 2.45) is 5.92 Å². The predicted octanol–water partition coefficient (Wildman–Crippen LogP) is 3.28. The summed E-state index contributed by atoms with van der Waals surface area (Å²) in [7, 11) is 0. The number of benzene rings is 1. The Kier molecular flexibility index (Phi) is 3.51. The second-order valence-corrected chi connectivity index (χ2v) is 5.20. The predicted molar refractivity (Wildman–Crippen MR) is 69.8 cm³/mol. The summed E-state index contributed by atoms with van der Waals surface area (Å²) in [6, 6.07) is 6.51. The second kappa shape index (κ2) is 4.91. The summed E-state index contributed by atoms with van der Waals surface area (Å²) in [4.78, 5) is 11.8. The van der Waals surface area contributed by atoms with E-state index in [1.165, 1.54) is 23.1 Å². The van der Waals surface area contributed by atoms with Crippen molar-refractivity contribution in [1.29, 1.82) is 0 Å². The fourth-order valence-corrected chi connectivity index (χ4v) is 2.12. The average molecular weight is 231 g/mol. The van der Waals surface area contributed by atoms with Crippen molar-refractivity contribution >= 4 is 5.91 Å². The monoisotopic (exact) mass is 231 g/mol. The Morgan fingerprint density at radius 1 is 1.29 bits per heavy atom. The van der Waals surface area contributed by atoms with Gasteiger partial charge >= 0.3 is 0 Å². The average Bonchev–Trinajstić information content (AvgIpc) is 2.19. The number of aryl methyl sites for hydroxylation is 2. The molecule has 0 spiro atoms. The summed E-state index contributed by atoms with van der Waals surface area (Å²) in [5.41, 5.74) is 3.78. The standard InChI is InChI=1S/C15H21NO/c1-10-7-8-14(9-11(10)2)12(3)16-15(17)13-5-4-6-13/h7-9,12-13H,4-6H2,1-3H3,(H,16,17)/t12-/m0/s1. The third-order valence-corrected chi connectivity index (χ3v) is 3.87. The zero-order valence-electron chi connectivity index (χ0n) is 10.9. The Morgan fingerprint density at radius 2 is 2.00 bits per heavy atom. The molecule has 1 saturated carbocycles. The van der Waals surface area contributed by atoms with Crippen LogP contribution in [0.5, 0.6) is 0 Å². The van der Waals surface area contributed by atoms with E-state index in [0.29, 0.717) is 0 Å². The molecule has 1 amide bonds. The van der Waals surface area contributed by atoms with Crippen molar-refractivity contribution in [2.45, 2.75) is 46.1 Å². The minimum atomic E-state index is 0.113. The van der Waals surface area contributed by atoms with Gasteiger partial charge in [0.1, 0.15) is 0 Å². The second-order valence-electron chi connectivity index (χ2n) is 5.20. The zero-order valence-corrected chi connectivity index (χ0v) is 10.9. The van der Waals surface area contributed by atoms with E-state index in [1.807, 2.05) is 0 Å². The van der Waals surface area contributed by atoms with E-state index in [1.54, 1.807) is 0 Å². The first-order valence-electron chi connectivity index (χ1n) is 6.45. The first-order valence-corrected chi connectivity index (χ1v) is 6.45. The molecule has 1 aromatic rings. The van der Waals surface area contributed by atoms with Crippen LogP contribution < -0.4 is 5.32 Å². The molecular weight excluding hydrogens is 210 g/mol. The third kappa shape index (κ3) is 2.68. The minimum Gasteiger partial charge on any atom is -0.349 e. The highest BCUT2D eigenvalue weighted by molar-refractivity contribution is 5.79. The van der Waals surface area contributed by atoms with Crippen LogP contribution in [0.1, 0.15) is 48.9 Å². The van der Waals surface area contributed by atoms with Gasteiger partial charge in [0.25, 0.3) is 0 Å². The van der Waals surface area contributed by atoms with Crippen LogP contribution in [0.2, 0.25) is 0 Å². The number of amides is 1. The van der Waals surface area contributed by atoms with E-state index < -0.39 is 0 Å². The number of carbonyl (C=O) groups excluding carboxylic acids is 1. The smallest absolute Gasteiger partial charge is 0.223 e. The van der Waals surface area contributed by atoms with E-state index >= 15 is 0 Å². The molecule has 0 saturated heterocycles. The lowest BCUT2D eigenvalue weighted by molar-refractivity contribution is -0.128. The van der Waals surface area contributed by atoms with Gasteiger partial charge in [-0.15, -0.1) is 0 Å². The van der Waals surface area contributed by atoms with Crippen molar-refractivity contribution in [3.05, 3.63) is 34.9 Å². The van der Waals surface area contributed by atoms with Gasteiger partial charge in [-0.25, -0.2) is 0 Å². The number of hydrogen-bond donors (Lipinski definition) is 1. The maximum absolute atomic E-state index is 11.8. The van der Waals surface area contributed by atoms with Gasteiger partial charge in [-0.1, -0.05) is 24.6 Å². The van der Waals surface area contributed by atoms with Crippen LogP contribution in [0.15, 0.2) is 18.2 Å². The molecule has 1 N–H and O–H groups in total. The molecule has 2 heteroatoms. The highest BCUT2D eigenvalue weighted by Crippen LogP contribution is 2.27. The van der Waals surface area contributed by atoms with Crippen LogP contribution in [0.3, 0.4) is 0 Å². The van der Waals surface area contributed by atoms with Gasteiger partial charge in [-0.3, -0.25) is 4.79 Å². The zero-order chi connectivity index (χ0) is 12.4. The molecule has 0 bridgehead atoms. The van der Waals surface area contributed by atoms with E-state index in [0.717, 1.165) is 12.8 Å². The summed E-state index contributed by atoms with van der Waals surface area (Å²) < 4.78 is 0. The molecule has 17 heavy (non-hydrogen) atoms. The highest BCUT2D eigenvalue weighted by atomic mass is 16.1. The molecule has 2 rings (SSSR count). The maximum atomic E-state index is 11.8. The molecule has 0 aliphatic heterocycles. The van der Waals surface area contributed by atoms with Gasteiger partial charge in [0, 0.05) is 5.92 Å². The topological polar surface area (TPSA) is 29.1 Å². The molecule has 1 aromatic carbocycles. The molecule has 0 aromatic heterocycles. The number of nitrogens with one attached hydrogen (secondary N) is 1. The number of carbonyl (C=O) groups is 1. The molecule has 1 aliphatic rings. The van der Waals surface area contributed by atoms with Crippen LogP contribution in [-0.2, 0) is 4.79 Å². The summed E-state index contributed by atoms with van der Waals surface area (Å²) in [6.07, 6.45) is 3.33. The Balaban J connectivity index is 2.00. The van der Waals surface area contributed by atoms with E-state index in [2.05, 4.69) is 44.3 Å². The van der Waals surface area contributed by atoms with Crippen molar-refractivity contribution in [3.63, 3.8) is 0 Å². The normalized spacial score (nSPS) is 17.4. The first-order chi connectivity index (χ1) is 8.08. The molecule has 92 valence electrons. The Bertz CT molecular complexity index is 421.